The lowest BCUT2D eigenvalue weighted by atomic mass is 9.85. The first-order valence-corrected chi connectivity index (χ1v) is 13.9. The molecule has 216 valence electrons. The third-order valence-electron chi connectivity index (χ3n) is 7.31. The lowest BCUT2D eigenvalue weighted by Gasteiger charge is -2.32. The number of nitrogens with one attached hydrogen (secondary N) is 1. The zero-order valence-corrected chi connectivity index (χ0v) is 24.2. The van der Waals surface area contributed by atoms with Crippen LogP contribution in [0.3, 0.4) is 0 Å². The van der Waals surface area contributed by atoms with Crippen LogP contribution in [0.15, 0.2) is 89.6 Å². The number of tetrazole rings is 1. The Labute approximate surface area is 244 Å². The normalized spacial score (nSPS) is 12.6. The van der Waals surface area contributed by atoms with Gasteiger partial charge in [0.05, 0.1) is 5.54 Å². The van der Waals surface area contributed by atoms with Gasteiger partial charge in [-0.05, 0) is 52.4 Å². The van der Waals surface area contributed by atoms with E-state index in [1.807, 2.05) is 80.6 Å². The van der Waals surface area contributed by atoms with Crippen LogP contribution in [0.4, 0.5) is 5.95 Å². The first kappa shape index (κ1) is 28.5. The highest BCUT2D eigenvalue weighted by Crippen LogP contribution is 2.43. The lowest BCUT2D eigenvalue weighted by molar-refractivity contribution is 0.101. The number of amides is 1. The van der Waals surface area contributed by atoms with Crippen LogP contribution in [0.1, 0.15) is 72.8 Å². The van der Waals surface area contributed by atoms with Crippen molar-refractivity contribution in [2.24, 2.45) is 0 Å². The number of rotatable bonds is 12. The van der Waals surface area contributed by atoms with E-state index in [1.54, 1.807) is 4.68 Å². The molecule has 0 fully saturated rings. The summed E-state index contributed by atoms with van der Waals surface area (Å²) in [5.41, 5.74) is 3.31. The molecule has 5 rings (SSSR count). The highest BCUT2D eigenvalue weighted by atomic mass is 16.5. The zero-order valence-electron chi connectivity index (χ0n) is 24.2. The lowest BCUT2D eigenvalue weighted by Crippen LogP contribution is -2.34. The van der Waals surface area contributed by atoms with Crippen molar-refractivity contribution >= 4 is 11.9 Å². The van der Waals surface area contributed by atoms with Crippen LogP contribution in [0.5, 0.6) is 11.5 Å². The van der Waals surface area contributed by atoms with Crippen LogP contribution in [-0.2, 0) is 18.8 Å². The number of carbonyl (C=O) groups is 1. The Kier molecular flexibility index (Phi) is 8.61. The maximum atomic E-state index is 12.8. The van der Waals surface area contributed by atoms with Crippen molar-refractivity contribution in [3.8, 4) is 11.5 Å². The summed E-state index contributed by atoms with van der Waals surface area (Å²) in [5, 5.41) is 18.8. The van der Waals surface area contributed by atoms with Crippen LogP contribution < -0.4 is 14.8 Å². The van der Waals surface area contributed by atoms with Gasteiger partial charge in [0, 0.05) is 17.7 Å². The fourth-order valence-corrected chi connectivity index (χ4v) is 4.71. The van der Waals surface area contributed by atoms with Crippen molar-refractivity contribution in [3.63, 3.8) is 0 Å². The summed E-state index contributed by atoms with van der Waals surface area (Å²) in [6.45, 7) is 9.10. The van der Waals surface area contributed by atoms with Crippen molar-refractivity contribution < 1.29 is 18.8 Å². The molecule has 42 heavy (non-hydrogen) atoms. The Balaban J connectivity index is 1.57. The van der Waals surface area contributed by atoms with Gasteiger partial charge < -0.3 is 14.0 Å². The Morgan fingerprint density at radius 3 is 2.17 bits per heavy atom. The van der Waals surface area contributed by atoms with Gasteiger partial charge in [0.1, 0.15) is 31.0 Å². The van der Waals surface area contributed by atoms with Gasteiger partial charge in [-0.3, -0.25) is 10.1 Å². The fraction of sp³-hybridized carbons (Fsp3) is 0.281. The van der Waals surface area contributed by atoms with Gasteiger partial charge in [-0.15, -0.1) is 0 Å². The van der Waals surface area contributed by atoms with Crippen LogP contribution in [0.2, 0.25) is 0 Å². The van der Waals surface area contributed by atoms with Crippen molar-refractivity contribution in [3.05, 3.63) is 113 Å². The second-order valence-electron chi connectivity index (χ2n) is 10.5. The highest BCUT2D eigenvalue weighted by Gasteiger charge is 2.36. The molecular weight excluding hydrogens is 532 g/mol. The zero-order chi connectivity index (χ0) is 29.5. The monoisotopic (exact) mass is 566 g/mol. The summed E-state index contributed by atoms with van der Waals surface area (Å²) in [4.78, 5) is 12.8. The molecule has 2 heterocycles. The molecule has 1 atom stereocenters. The standard InChI is InChI=1S/C32H34N6O4/c1-5-32(4,38-31(34-36-37-38)33-30(39)27-16-17-42-35-27)26-18-25(22(2)3)28(40-20-23-12-8-6-9-13-23)19-29(26)41-21-24-14-10-7-11-15-24/h6-19,22H,5,20-21H2,1-4H3,(H,33,34,37,39). The third kappa shape index (κ3) is 6.17. The smallest absolute Gasteiger partial charge is 0.280 e. The Morgan fingerprint density at radius 2 is 1.60 bits per heavy atom. The number of aromatic nitrogens is 5. The molecule has 0 aliphatic rings. The second-order valence-corrected chi connectivity index (χ2v) is 10.5. The molecule has 0 radical (unpaired) electrons. The number of ether oxygens (including phenoxy) is 2. The number of benzene rings is 3. The summed E-state index contributed by atoms with van der Waals surface area (Å²) >= 11 is 0. The van der Waals surface area contributed by atoms with E-state index in [0.29, 0.717) is 25.4 Å². The van der Waals surface area contributed by atoms with E-state index in [9.17, 15) is 4.79 Å². The number of nitrogens with zero attached hydrogens (tertiary/aromatic N) is 5. The van der Waals surface area contributed by atoms with Crippen molar-refractivity contribution in [1.29, 1.82) is 0 Å². The average Bonchev–Trinajstić information content (AvgIpc) is 3.73. The molecule has 1 N–H and O–H groups in total. The van der Waals surface area contributed by atoms with Crippen molar-refractivity contribution in [1.82, 2.24) is 25.4 Å². The minimum atomic E-state index is -0.802. The SMILES string of the molecule is CCC(C)(c1cc(C(C)C)c(OCc2ccccc2)cc1OCc1ccccc1)n1nnnc1NC(=O)c1ccon1. The van der Waals surface area contributed by atoms with Gasteiger partial charge >= 0.3 is 0 Å². The van der Waals surface area contributed by atoms with Crippen LogP contribution in [-0.4, -0.2) is 31.3 Å². The van der Waals surface area contributed by atoms with E-state index in [2.05, 4.69) is 45.9 Å². The van der Waals surface area contributed by atoms with Gasteiger partial charge in [0.25, 0.3) is 11.9 Å². The topological polar surface area (TPSA) is 117 Å². The summed E-state index contributed by atoms with van der Waals surface area (Å²) in [5.74, 6) is 1.23. The number of anilines is 1. The Morgan fingerprint density at radius 1 is 0.952 bits per heavy atom. The van der Waals surface area contributed by atoms with E-state index in [4.69, 9.17) is 14.0 Å². The molecule has 5 aromatic rings. The molecule has 1 amide bonds. The third-order valence-corrected chi connectivity index (χ3v) is 7.31. The molecule has 0 aliphatic carbocycles. The number of carbonyl (C=O) groups excluding carboxylic acids is 1. The van der Waals surface area contributed by atoms with Gasteiger partial charge in [0.15, 0.2) is 5.69 Å². The van der Waals surface area contributed by atoms with Crippen LogP contribution in [0, 0.1) is 0 Å². The number of hydrogen-bond donors (Lipinski definition) is 1. The van der Waals surface area contributed by atoms with Gasteiger partial charge in [-0.25, -0.2) is 4.68 Å². The summed E-state index contributed by atoms with van der Waals surface area (Å²) in [6, 6.07) is 25.6. The Bertz CT molecular complexity index is 1600. The molecule has 0 saturated heterocycles. The fourth-order valence-electron chi connectivity index (χ4n) is 4.71. The largest absolute Gasteiger partial charge is 0.488 e. The maximum Gasteiger partial charge on any atom is 0.280 e. The maximum absolute atomic E-state index is 12.8. The highest BCUT2D eigenvalue weighted by molar-refractivity contribution is 6.01. The summed E-state index contributed by atoms with van der Waals surface area (Å²) in [6.07, 6.45) is 1.92. The molecule has 0 aliphatic heterocycles. The van der Waals surface area contributed by atoms with Gasteiger partial charge in [0.2, 0.25) is 0 Å². The van der Waals surface area contributed by atoms with E-state index < -0.39 is 11.4 Å². The van der Waals surface area contributed by atoms with Crippen LogP contribution >= 0.6 is 0 Å². The average molecular weight is 567 g/mol. The second kappa shape index (κ2) is 12.7. The van der Waals surface area contributed by atoms with Crippen LogP contribution in [0.25, 0.3) is 0 Å². The molecule has 0 saturated carbocycles. The first-order valence-electron chi connectivity index (χ1n) is 13.9. The van der Waals surface area contributed by atoms with E-state index in [-0.39, 0.29) is 17.6 Å². The molecule has 0 bridgehead atoms. The minimum absolute atomic E-state index is 0.122. The minimum Gasteiger partial charge on any atom is -0.488 e. The summed E-state index contributed by atoms with van der Waals surface area (Å²) in [7, 11) is 0. The van der Waals surface area contributed by atoms with E-state index >= 15 is 0 Å². The Hall–Kier alpha value is -4.99. The predicted octanol–water partition coefficient (Wildman–Crippen LogP) is 6.37. The molecular formula is C32H34N6O4. The molecule has 0 spiro atoms. The van der Waals surface area contributed by atoms with E-state index in [0.717, 1.165) is 28.0 Å². The van der Waals surface area contributed by atoms with E-state index in [1.165, 1.54) is 12.3 Å². The summed E-state index contributed by atoms with van der Waals surface area (Å²) < 4.78 is 19.3. The van der Waals surface area contributed by atoms with Crippen molar-refractivity contribution in [2.75, 3.05) is 5.32 Å². The quantitative estimate of drug-likeness (QED) is 0.185. The molecule has 1 unspecified atom stereocenters. The number of hydrogen-bond acceptors (Lipinski definition) is 8. The van der Waals surface area contributed by atoms with Gasteiger partial charge in [-0.1, -0.05) is 91.7 Å². The molecule has 3 aromatic carbocycles. The predicted molar refractivity (Wildman–Crippen MR) is 157 cm³/mol. The molecule has 10 heteroatoms. The first-order chi connectivity index (χ1) is 20.4. The molecule has 10 nitrogen and oxygen atoms in total. The molecule has 2 aromatic heterocycles. The van der Waals surface area contributed by atoms with Gasteiger partial charge in [-0.2, -0.15) is 0 Å². The van der Waals surface area contributed by atoms with Crippen molar-refractivity contribution in [2.45, 2.75) is 58.8 Å².